The summed E-state index contributed by atoms with van der Waals surface area (Å²) in [6.07, 6.45) is -2.25. The molecule has 30 heavy (non-hydrogen) atoms. The molecule has 2 heterocycles. The fourth-order valence-corrected chi connectivity index (χ4v) is 3.28. The molecular formula is C19H25N5O6. The Morgan fingerprint density at radius 1 is 1.23 bits per heavy atom. The highest BCUT2D eigenvalue weighted by Crippen LogP contribution is 2.27. The minimum atomic E-state index is -1.10. The van der Waals surface area contributed by atoms with Gasteiger partial charge in [-0.15, -0.1) is 0 Å². The predicted octanol–water partition coefficient (Wildman–Crippen LogP) is -0.944. The minimum Gasteiger partial charge on any atom is -0.394 e. The summed E-state index contributed by atoms with van der Waals surface area (Å²) >= 11 is 0. The van der Waals surface area contributed by atoms with Gasteiger partial charge in [0.05, 0.1) is 43.0 Å². The van der Waals surface area contributed by atoms with Crippen LogP contribution in [-0.2, 0) is 11.3 Å². The highest BCUT2D eigenvalue weighted by Gasteiger charge is 2.22. The molecule has 0 amide bonds. The number of nitrogens with one attached hydrogen (secondary N) is 2. The molecule has 11 heteroatoms. The van der Waals surface area contributed by atoms with E-state index in [1.165, 1.54) is 4.57 Å². The molecule has 3 rings (SSSR count). The molecule has 5 N–H and O–H groups in total. The van der Waals surface area contributed by atoms with Crippen molar-refractivity contribution >= 4 is 16.7 Å². The van der Waals surface area contributed by atoms with Crippen LogP contribution in [0.5, 0.6) is 0 Å². The van der Waals surface area contributed by atoms with Crippen molar-refractivity contribution in [2.24, 2.45) is 0 Å². The Morgan fingerprint density at radius 3 is 2.70 bits per heavy atom. The van der Waals surface area contributed by atoms with Crippen LogP contribution in [0.4, 0.5) is 5.69 Å². The van der Waals surface area contributed by atoms with Gasteiger partial charge in [0, 0.05) is 25.8 Å². The monoisotopic (exact) mass is 419 g/mol. The summed E-state index contributed by atoms with van der Waals surface area (Å²) in [6.45, 7) is 2.40. The summed E-state index contributed by atoms with van der Waals surface area (Å²) < 4.78 is 6.59. The van der Waals surface area contributed by atoms with E-state index in [2.05, 4.69) is 20.3 Å². The fraction of sp³-hybridized carbons (Fsp3) is 0.474. The molecule has 0 saturated carbocycles. The van der Waals surface area contributed by atoms with Crippen molar-refractivity contribution in [1.29, 1.82) is 0 Å². The van der Waals surface area contributed by atoms with Crippen LogP contribution < -0.4 is 16.6 Å². The van der Waals surface area contributed by atoms with Crippen molar-refractivity contribution in [2.75, 3.05) is 32.2 Å². The zero-order valence-electron chi connectivity index (χ0n) is 16.8. The van der Waals surface area contributed by atoms with Gasteiger partial charge in [-0.25, -0.2) is 9.78 Å². The minimum absolute atomic E-state index is 0.0282. The number of aryl methyl sites for hydroxylation is 1. The number of methoxy groups -OCH3 is 1. The van der Waals surface area contributed by atoms with Gasteiger partial charge in [0.1, 0.15) is 0 Å². The number of anilines is 1. The third kappa shape index (κ3) is 4.65. The Labute approximate surface area is 171 Å². The molecule has 162 valence electrons. The third-order valence-corrected chi connectivity index (χ3v) is 4.72. The van der Waals surface area contributed by atoms with Crippen LogP contribution in [0.15, 0.2) is 21.7 Å². The normalized spacial score (nSPS) is 13.6. The molecule has 0 aliphatic carbocycles. The van der Waals surface area contributed by atoms with Crippen molar-refractivity contribution < 1.29 is 20.1 Å². The number of rotatable bonds is 9. The van der Waals surface area contributed by atoms with Crippen molar-refractivity contribution in [2.45, 2.75) is 32.1 Å². The number of aromatic amines is 1. The maximum Gasteiger partial charge on any atom is 0.349 e. The van der Waals surface area contributed by atoms with E-state index >= 15 is 0 Å². The average Bonchev–Trinajstić information content (AvgIpc) is 2.69. The van der Waals surface area contributed by atoms with Gasteiger partial charge in [-0.2, -0.15) is 4.98 Å². The topological polar surface area (TPSA) is 163 Å². The molecule has 0 spiro atoms. The molecule has 2 atom stereocenters. The van der Waals surface area contributed by atoms with E-state index in [-0.39, 0.29) is 24.5 Å². The molecule has 2 unspecified atom stereocenters. The molecule has 11 nitrogen and oxygen atoms in total. The lowest BCUT2D eigenvalue weighted by molar-refractivity contribution is 0.0362. The summed E-state index contributed by atoms with van der Waals surface area (Å²) in [4.78, 5) is 34.5. The van der Waals surface area contributed by atoms with E-state index in [1.807, 2.05) is 6.92 Å². The summed E-state index contributed by atoms with van der Waals surface area (Å²) in [5, 5.41) is 32.4. The number of benzene rings is 1. The van der Waals surface area contributed by atoms with E-state index in [9.17, 15) is 19.8 Å². The van der Waals surface area contributed by atoms with Crippen LogP contribution in [0.25, 0.3) is 22.6 Å². The fourth-order valence-electron chi connectivity index (χ4n) is 3.28. The van der Waals surface area contributed by atoms with Gasteiger partial charge in [0.25, 0.3) is 5.56 Å². The van der Waals surface area contributed by atoms with E-state index in [0.29, 0.717) is 24.2 Å². The van der Waals surface area contributed by atoms with Crippen molar-refractivity contribution in [3.8, 4) is 11.5 Å². The highest BCUT2D eigenvalue weighted by molar-refractivity contribution is 5.84. The van der Waals surface area contributed by atoms with Crippen molar-refractivity contribution in [3.63, 3.8) is 0 Å². The van der Waals surface area contributed by atoms with Gasteiger partial charge in [0.2, 0.25) is 0 Å². The number of hydrogen-bond acceptors (Lipinski definition) is 9. The average molecular weight is 419 g/mol. The summed E-state index contributed by atoms with van der Waals surface area (Å²) in [5.74, 6) is 0.0282. The Balaban J connectivity index is 2.19. The summed E-state index contributed by atoms with van der Waals surface area (Å²) in [5.41, 5.74) is 1.19. The van der Waals surface area contributed by atoms with Gasteiger partial charge in [-0.1, -0.05) is 0 Å². The molecule has 2 aliphatic heterocycles. The van der Waals surface area contributed by atoms with Crippen LogP contribution in [0.1, 0.15) is 12.0 Å². The Kier molecular flexibility index (Phi) is 6.77. The quantitative estimate of drug-likeness (QED) is 0.217. The first-order chi connectivity index (χ1) is 14.3. The molecule has 0 saturated heterocycles. The second-order valence-corrected chi connectivity index (χ2v) is 7.07. The lowest BCUT2D eigenvalue weighted by atomic mass is 10.1. The van der Waals surface area contributed by atoms with Crippen LogP contribution in [0.2, 0.25) is 0 Å². The number of fused-ring (bicyclic) bond motifs is 2. The lowest BCUT2D eigenvalue weighted by Crippen LogP contribution is -2.31. The molecule has 0 radical (unpaired) electrons. The molecular weight excluding hydrogens is 394 g/mol. The van der Waals surface area contributed by atoms with Gasteiger partial charge < -0.3 is 29.9 Å². The van der Waals surface area contributed by atoms with E-state index in [1.54, 1.807) is 19.2 Å². The maximum absolute atomic E-state index is 12.3. The molecule has 1 aromatic rings. The largest absolute Gasteiger partial charge is 0.394 e. The van der Waals surface area contributed by atoms with Crippen molar-refractivity contribution in [1.82, 2.24) is 19.5 Å². The number of nitrogens with zero attached hydrogens (tertiary/aromatic N) is 3. The number of aliphatic hydroxyl groups excluding tert-OH is 3. The number of hydrogen-bond donors (Lipinski definition) is 5. The molecule has 1 aromatic carbocycles. The lowest BCUT2D eigenvalue weighted by Gasteiger charge is -2.22. The molecule has 2 aliphatic rings. The predicted molar refractivity (Wildman–Crippen MR) is 110 cm³/mol. The number of ether oxygens (including phenoxy) is 1. The zero-order chi connectivity index (χ0) is 21.8. The SMILES string of the molecule is COCCNc1cc2c(cc1C)nc1c(=O)[nH]c(=O)nc-1n2CC(O)CC(O)CO. The summed E-state index contributed by atoms with van der Waals surface area (Å²) in [6, 6.07) is 3.59. The van der Waals surface area contributed by atoms with Crippen LogP contribution >= 0.6 is 0 Å². The number of aliphatic hydroxyl groups is 3. The van der Waals surface area contributed by atoms with Crippen LogP contribution in [-0.4, -0.2) is 73.9 Å². The van der Waals surface area contributed by atoms with E-state index in [4.69, 9.17) is 9.84 Å². The van der Waals surface area contributed by atoms with Gasteiger partial charge in [-0.3, -0.25) is 9.78 Å². The molecule has 0 bridgehead atoms. The first-order valence-electron chi connectivity index (χ1n) is 9.49. The van der Waals surface area contributed by atoms with Gasteiger partial charge in [0.15, 0.2) is 11.5 Å². The Morgan fingerprint density at radius 2 is 2.00 bits per heavy atom. The first kappa shape index (κ1) is 21.8. The number of aromatic nitrogens is 4. The van der Waals surface area contributed by atoms with Crippen LogP contribution in [0, 0.1) is 6.92 Å². The molecule has 0 aromatic heterocycles. The second kappa shape index (κ2) is 9.30. The highest BCUT2D eigenvalue weighted by atomic mass is 16.5. The number of H-pyrrole nitrogens is 1. The Bertz CT molecular complexity index is 1110. The zero-order valence-corrected chi connectivity index (χ0v) is 16.8. The van der Waals surface area contributed by atoms with Gasteiger partial charge >= 0.3 is 5.69 Å². The smallest absolute Gasteiger partial charge is 0.349 e. The van der Waals surface area contributed by atoms with E-state index < -0.39 is 30.1 Å². The van der Waals surface area contributed by atoms with Crippen LogP contribution in [0.3, 0.4) is 0 Å². The van der Waals surface area contributed by atoms with Crippen molar-refractivity contribution in [3.05, 3.63) is 38.5 Å². The maximum atomic E-state index is 12.3. The standard InChI is InChI=1S/C19H25N5O6/c1-10-5-14-15(7-13(10)20-3-4-30-2)24(8-11(26)6-12(27)9-25)17-16(21-14)18(28)23-19(29)22-17/h5,7,11-12,20,25-27H,3-4,6,8-9H2,1-2H3,(H,23,28,29). The summed E-state index contributed by atoms with van der Waals surface area (Å²) in [7, 11) is 1.60. The second-order valence-electron chi connectivity index (χ2n) is 7.07. The first-order valence-corrected chi connectivity index (χ1v) is 9.49. The van der Waals surface area contributed by atoms with Gasteiger partial charge in [-0.05, 0) is 24.6 Å². The Hall–Kier alpha value is -2.86. The molecule has 0 fully saturated rings. The third-order valence-electron chi connectivity index (χ3n) is 4.72. The van der Waals surface area contributed by atoms with E-state index in [0.717, 1.165) is 11.3 Å².